The fourth-order valence-corrected chi connectivity index (χ4v) is 2.52. The SMILES string of the molecule is CC(C)[C@H](NC(=O)COc1ccc2c(c1)CCC2)C(=O)O. The second-order valence-electron chi connectivity index (χ2n) is 5.70. The number of rotatable bonds is 6. The van der Waals surface area contributed by atoms with Crippen LogP contribution in [0.2, 0.25) is 0 Å². The Morgan fingerprint density at radius 1 is 1.29 bits per heavy atom. The zero-order valence-corrected chi connectivity index (χ0v) is 12.4. The monoisotopic (exact) mass is 291 g/mol. The van der Waals surface area contributed by atoms with Gasteiger partial charge >= 0.3 is 5.97 Å². The van der Waals surface area contributed by atoms with Gasteiger partial charge in [0.1, 0.15) is 11.8 Å². The molecule has 1 aromatic carbocycles. The van der Waals surface area contributed by atoms with Gasteiger partial charge < -0.3 is 15.2 Å². The number of fused-ring (bicyclic) bond motifs is 1. The van der Waals surface area contributed by atoms with Crippen molar-refractivity contribution in [2.45, 2.75) is 39.2 Å². The van der Waals surface area contributed by atoms with Gasteiger partial charge in [-0.2, -0.15) is 0 Å². The van der Waals surface area contributed by atoms with Crippen molar-refractivity contribution < 1.29 is 19.4 Å². The van der Waals surface area contributed by atoms with Gasteiger partial charge in [-0.15, -0.1) is 0 Å². The Kier molecular flexibility index (Phi) is 4.83. The molecule has 0 aromatic heterocycles. The summed E-state index contributed by atoms with van der Waals surface area (Å²) in [4.78, 5) is 22.8. The van der Waals surface area contributed by atoms with Crippen molar-refractivity contribution in [3.05, 3.63) is 29.3 Å². The number of nitrogens with one attached hydrogen (secondary N) is 1. The molecule has 1 aliphatic carbocycles. The van der Waals surface area contributed by atoms with E-state index < -0.39 is 17.9 Å². The van der Waals surface area contributed by atoms with E-state index in [1.165, 1.54) is 11.1 Å². The van der Waals surface area contributed by atoms with Crippen LogP contribution in [0.25, 0.3) is 0 Å². The van der Waals surface area contributed by atoms with Crippen molar-refractivity contribution in [2.24, 2.45) is 5.92 Å². The summed E-state index contributed by atoms with van der Waals surface area (Å²) in [6, 6.07) is 4.96. The molecule has 0 unspecified atom stereocenters. The lowest BCUT2D eigenvalue weighted by Gasteiger charge is -2.18. The average Bonchev–Trinajstić information content (AvgIpc) is 2.89. The topological polar surface area (TPSA) is 75.6 Å². The van der Waals surface area contributed by atoms with Crippen LogP contribution in [0.4, 0.5) is 0 Å². The summed E-state index contributed by atoms with van der Waals surface area (Å²) in [5.41, 5.74) is 2.62. The molecule has 1 aliphatic rings. The number of hydrogen-bond donors (Lipinski definition) is 2. The highest BCUT2D eigenvalue weighted by Crippen LogP contribution is 2.25. The number of carboxylic acid groups (broad SMARTS) is 1. The molecular weight excluding hydrogens is 270 g/mol. The Morgan fingerprint density at radius 2 is 2.00 bits per heavy atom. The van der Waals surface area contributed by atoms with Gasteiger partial charge in [0.05, 0.1) is 0 Å². The molecule has 0 heterocycles. The number of carbonyl (C=O) groups excluding carboxylic acids is 1. The first-order chi connectivity index (χ1) is 9.97. The smallest absolute Gasteiger partial charge is 0.326 e. The van der Waals surface area contributed by atoms with E-state index in [9.17, 15) is 9.59 Å². The Labute approximate surface area is 124 Å². The van der Waals surface area contributed by atoms with Crippen molar-refractivity contribution >= 4 is 11.9 Å². The predicted molar refractivity (Wildman–Crippen MR) is 78.4 cm³/mol. The minimum Gasteiger partial charge on any atom is -0.484 e. The van der Waals surface area contributed by atoms with E-state index in [2.05, 4.69) is 5.32 Å². The van der Waals surface area contributed by atoms with Gasteiger partial charge in [0.15, 0.2) is 6.61 Å². The third-order valence-electron chi connectivity index (χ3n) is 3.69. The lowest BCUT2D eigenvalue weighted by Crippen LogP contribution is -2.46. The molecule has 0 radical (unpaired) electrons. The first kappa shape index (κ1) is 15.4. The minimum atomic E-state index is -1.03. The molecule has 5 heteroatoms. The van der Waals surface area contributed by atoms with Gasteiger partial charge in [-0.1, -0.05) is 19.9 Å². The fourth-order valence-electron chi connectivity index (χ4n) is 2.52. The molecule has 1 aromatic rings. The highest BCUT2D eigenvalue weighted by Gasteiger charge is 2.23. The van der Waals surface area contributed by atoms with Crippen molar-refractivity contribution in [3.8, 4) is 5.75 Å². The molecule has 1 atom stereocenters. The van der Waals surface area contributed by atoms with Crippen molar-refractivity contribution in [1.29, 1.82) is 0 Å². The van der Waals surface area contributed by atoms with E-state index in [0.717, 1.165) is 19.3 Å². The zero-order valence-electron chi connectivity index (χ0n) is 12.4. The lowest BCUT2D eigenvalue weighted by molar-refractivity contribution is -0.143. The summed E-state index contributed by atoms with van der Waals surface area (Å²) in [5.74, 6) is -0.971. The van der Waals surface area contributed by atoms with Crippen LogP contribution in [0.1, 0.15) is 31.4 Å². The maximum absolute atomic E-state index is 11.8. The second kappa shape index (κ2) is 6.61. The molecule has 114 valence electrons. The van der Waals surface area contributed by atoms with E-state index in [1.807, 2.05) is 18.2 Å². The molecule has 2 N–H and O–H groups in total. The maximum atomic E-state index is 11.8. The second-order valence-corrected chi connectivity index (χ2v) is 5.70. The highest BCUT2D eigenvalue weighted by molar-refractivity contribution is 5.84. The Morgan fingerprint density at radius 3 is 2.67 bits per heavy atom. The third kappa shape index (κ3) is 3.97. The number of ether oxygens (including phenoxy) is 1. The summed E-state index contributed by atoms with van der Waals surface area (Å²) < 4.78 is 5.45. The van der Waals surface area contributed by atoms with Crippen LogP contribution in [0.15, 0.2) is 18.2 Å². The molecule has 0 aliphatic heterocycles. The number of carbonyl (C=O) groups is 2. The van der Waals surface area contributed by atoms with Gasteiger partial charge in [0, 0.05) is 0 Å². The van der Waals surface area contributed by atoms with Gasteiger partial charge in [-0.05, 0) is 48.4 Å². The van der Waals surface area contributed by atoms with Crippen LogP contribution >= 0.6 is 0 Å². The number of aryl methyl sites for hydroxylation is 2. The van der Waals surface area contributed by atoms with Crippen LogP contribution in [0.3, 0.4) is 0 Å². The first-order valence-corrected chi connectivity index (χ1v) is 7.24. The summed E-state index contributed by atoms with van der Waals surface area (Å²) in [6.07, 6.45) is 3.31. The van der Waals surface area contributed by atoms with Gasteiger partial charge in [0.2, 0.25) is 0 Å². The summed E-state index contributed by atoms with van der Waals surface area (Å²) >= 11 is 0. The average molecular weight is 291 g/mol. The van der Waals surface area contributed by atoms with Crippen LogP contribution in [-0.4, -0.2) is 29.6 Å². The largest absolute Gasteiger partial charge is 0.484 e. The summed E-state index contributed by atoms with van der Waals surface area (Å²) in [7, 11) is 0. The number of carboxylic acids is 1. The van der Waals surface area contributed by atoms with Gasteiger partial charge in [0.25, 0.3) is 5.91 Å². The molecule has 0 fully saturated rings. The van der Waals surface area contributed by atoms with E-state index in [-0.39, 0.29) is 12.5 Å². The van der Waals surface area contributed by atoms with Crippen LogP contribution in [0, 0.1) is 5.92 Å². The van der Waals surface area contributed by atoms with Crippen LogP contribution < -0.4 is 10.1 Å². The van der Waals surface area contributed by atoms with E-state index >= 15 is 0 Å². The Hall–Kier alpha value is -2.04. The lowest BCUT2D eigenvalue weighted by atomic mass is 10.1. The van der Waals surface area contributed by atoms with E-state index in [0.29, 0.717) is 5.75 Å². The summed E-state index contributed by atoms with van der Waals surface area (Å²) in [6.45, 7) is 3.33. The Balaban J connectivity index is 1.88. The standard InChI is InChI=1S/C16H21NO4/c1-10(2)15(16(19)20)17-14(18)9-21-13-7-6-11-4-3-5-12(11)8-13/h6-8,10,15H,3-5,9H2,1-2H3,(H,17,18)(H,19,20)/t15-/m0/s1. The van der Waals surface area contributed by atoms with Crippen molar-refractivity contribution in [3.63, 3.8) is 0 Å². The quantitative estimate of drug-likeness (QED) is 0.837. The van der Waals surface area contributed by atoms with Crippen molar-refractivity contribution in [2.75, 3.05) is 6.61 Å². The number of aliphatic carboxylic acids is 1. The molecule has 5 nitrogen and oxygen atoms in total. The van der Waals surface area contributed by atoms with Gasteiger partial charge in [-0.25, -0.2) is 4.79 Å². The minimum absolute atomic E-state index is 0.171. The first-order valence-electron chi connectivity index (χ1n) is 7.24. The van der Waals surface area contributed by atoms with Crippen LogP contribution in [-0.2, 0) is 22.4 Å². The number of hydrogen-bond acceptors (Lipinski definition) is 3. The van der Waals surface area contributed by atoms with Gasteiger partial charge in [-0.3, -0.25) is 4.79 Å². The predicted octanol–water partition coefficient (Wildman–Crippen LogP) is 1.78. The molecule has 0 bridgehead atoms. The molecule has 0 saturated heterocycles. The van der Waals surface area contributed by atoms with Crippen LogP contribution in [0.5, 0.6) is 5.75 Å². The summed E-state index contributed by atoms with van der Waals surface area (Å²) in [5, 5.41) is 11.5. The number of amides is 1. The Bertz CT molecular complexity index is 539. The fraction of sp³-hybridized carbons (Fsp3) is 0.500. The molecular formula is C16H21NO4. The molecule has 0 saturated carbocycles. The number of benzene rings is 1. The third-order valence-corrected chi connectivity index (χ3v) is 3.69. The highest BCUT2D eigenvalue weighted by atomic mass is 16.5. The maximum Gasteiger partial charge on any atom is 0.326 e. The molecule has 2 rings (SSSR count). The van der Waals surface area contributed by atoms with E-state index in [1.54, 1.807) is 13.8 Å². The normalized spacial score (nSPS) is 14.6. The molecule has 1 amide bonds. The molecule has 0 spiro atoms. The van der Waals surface area contributed by atoms with E-state index in [4.69, 9.17) is 9.84 Å². The van der Waals surface area contributed by atoms with Crippen molar-refractivity contribution in [1.82, 2.24) is 5.32 Å². The molecule has 21 heavy (non-hydrogen) atoms. The zero-order chi connectivity index (χ0) is 15.4.